The number of hydrogen-bond acceptors (Lipinski definition) is 6. The molecule has 0 amide bonds. The number of nitrogens with one attached hydrogen (secondary N) is 1. The molecule has 0 spiro atoms. The maximum absolute atomic E-state index is 13.1. The number of rotatable bonds is 4. The summed E-state index contributed by atoms with van der Waals surface area (Å²) in [5.74, 6) is 1.83. The third-order valence-corrected chi connectivity index (χ3v) is 5.23. The molecule has 0 aliphatic carbocycles. The van der Waals surface area contributed by atoms with E-state index < -0.39 is 0 Å². The first kappa shape index (κ1) is 18.2. The molecule has 152 valence electrons. The monoisotopic (exact) mass is 403 g/mol. The molecule has 1 N–H and O–H groups in total. The van der Waals surface area contributed by atoms with Gasteiger partial charge in [-0.1, -0.05) is 12.1 Å². The maximum Gasteiger partial charge on any atom is 0.353 e. The normalized spacial score (nSPS) is 12.5. The Bertz CT molecular complexity index is 1340. The van der Waals surface area contributed by atoms with E-state index in [0.717, 1.165) is 22.5 Å². The van der Waals surface area contributed by atoms with Crippen LogP contribution in [0.5, 0.6) is 11.5 Å². The second-order valence-electron chi connectivity index (χ2n) is 7.47. The number of nitrogens with zero attached hydrogens (tertiary/aromatic N) is 4. The maximum atomic E-state index is 13.1. The highest BCUT2D eigenvalue weighted by molar-refractivity contribution is 5.58. The second-order valence-corrected chi connectivity index (χ2v) is 7.47. The van der Waals surface area contributed by atoms with Crippen LogP contribution in [0.15, 0.2) is 47.3 Å². The third kappa shape index (κ3) is 3.16. The molecule has 5 rings (SSSR count). The van der Waals surface area contributed by atoms with Gasteiger partial charge in [0, 0.05) is 17.4 Å². The van der Waals surface area contributed by atoms with E-state index in [0.29, 0.717) is 29.6 Å². The van der Waals surface area contributed by atoms with Crippen molar-refractivity contribution < 1.29 is 9.47 Å². The van der Waals surface area contributed by atoms with E-state index in [4.69, 9.17) is 9.47 Å². The van der Waals surface area contributed by atoms with Gasteiger partial charge >= 0.3 is 5.69 Å². The van der Waals surface area contributed by atoms with Gasteiger partial charge in [0.15, 0.2) is 17.1 Å². The highest BCUT2D eigenvalue weighted by Crippen LogP contribution is 2.32. The number of aryl methyl sites for hydroxylation is 3. The van der Waals surface area contributed by atoms with Crippen LogP contribution in [0, 0.1) is 20.8 Å². The zero-order chi connectivity index (χ0) is 20.8. The summed E-state index contributed by atoms with van der Waals surface area (Å²) in [7, 11) is 0. The summed E-state index contributed by atoms with van der Waals surface area (Å²) in [4.78, 5) is 17.7. The summed E-state index contributed by atoms with van der Waals surface area (Å²) in [6, 6.07) is 13.5. The van der Waals surface area contributed by atoms with Gasteiger partial charge in [-0.05, 0) is 61.7 Å². The fourth-order valence-electron chi connectivity index (χ4n) is 3.50. The van der Waals surface area contributed by atoms with Gasteiger partial charge in [0.25, 0.3) is 0 Å². The number of aromatic nitrogens is 4. The van der Waals surface area contributed by atoms with Crippen molar-refractivity contribution in [3.05, 3.63) is 75.3 Å². The summed E-state index contributed by atoms with van der Waals surface area (Å²) in [6.45, 7) is 6.53. The van der Waals surface area contributed by atoms with Gasteiger partial charge < -0.3 is 14.8 Å². The molecule has 3 heterocycles. The van der Waals surface area contributed by atoms with Crippen molar-refractivity contribution in [1.29, 1.82) is 0 Å². The third-order valence-electron chi connectivity index (χ3n) is 5.23. The summed E-state index contributed by atoms with van der Waals surface area (Å²) in [6.07, 6.45) is 0. The standard InChI is InChI=1S/C22H21N5O3/c1-13-4-6-17(8-14(13)2)24-21-23-15(3)9-20-25-26(22(28)27(20)21)11-16-5-7-18-19(10-16)30-12-29-18/h4-10H,11-12H2,1-3H3,(H,23,24). The van der Waals surface area contributed by atoms with Crippen LogP contribution < -0.4 is 20.5 Å². The molecule has 30 heavy (non-hydrogen) atoms. The van der Waals surface area contributed by atoms with Gasteiger partial charge in [-0.2, -0.15) is 0 Å². The zero-order valence-corrected chi connectivity index (χ0v) is 17.0. The van der Waals surface area contributed by atoms with E-state index in [9.17, 15) is 4.79 Å². The van der Waals surface area contributed by atoms with E-state index >= 15 is 0 Å². The smallest absolute Gasteiger partial charge is 0.353 e. The van der Waals surface area contributed by atoms with Gasteiger partial charge in [-0.3, -0.25) is 0 Å². The molecule has 8 heteroatoms. The highest BCUT2D eigenvalue weighted by Gasteiger charge is 2.16. The van der Waals surface area contributed by atoms with Gasteiger partial charge in [-0.25, -0.2) is 18.9 Å². The molecule has 0 unspecified atom stereocenters. The van der Waals surface area contributed by atoms with Gasteiger partial charge in [0.1, 0.15) is 0 Å². The molecule has 0 bridgehead atoms. The predicted octanol–water partition coefficient (Wildman–Crippen LogP) is 3.34. The molecule has 2 aromatic carbocycles. The van der Waals surface area contributed by atoms with Crippen LogP contribution in [0.2, 0.25) is 0 Å². The van der Waals surface area contributed by atoms with E-state index in [1.165, 1.54) is 14.6 Å². The summed E-state index contributed by atoms with van der Waals surface area (Å²) in [5, 5.41) is 7.78. The zero-order valence-electron chi connectivity index (χ0n) is 17.0. The van der Waals surface area contributed by atoms with E-state index in [1.54, 1.807) is 6.07 Å². The summed E-state index contributed by atoms with van der Waals surface area (Å²) in [5.41, 5.74) is 5.19. The van der Waals surface area contributed by atoms with Crippen LogP contribution in [-0.2, 0) is 6.54 Å². The minimum Gasteiger partial charge on any atom is -0.454 e. The first-order valence-electron chi connectivity index (χ1n) is 9.68. The second kappa shape index (κ2) is 6.91. The van der Waals surface area contributed by atoms with Crippen molar-refractivity contribution >= 4 is 17.3 Å². The lowest BCUT2D eigenvalue weighted by molar-refractivity contribution is 0.174. The molecule has 1 aliphatic rings. The van der Waals surface area contributed by atoms with Crippen LogP contribution in [0.1, 0.15) is 22.4 Å². The molecule has 8 nitrogen and oxygen atoms in total. The van der Waals surface area contributed by atoms with Crippen LogP contribution in [0.25, 0.3) is 5.65 Å². The molecule has 0 saturated heterocycles. The van der Waals surface area contributed by atoms with Crippen molar-refractivity contribution in [3.8, 4) is 11.5 Å². The number of benzene rings is 2. The predicted molar refractivity (Wildman–Crippen MR) is 113 cm³/mol. The van der Waals surface area contributed by atoms with Crippen molar-refractivity contribution in [2.75, 3.05) is 12.1 Å². The van der Waals surface area contributed by atoms with E-state index in [2.05, 4.69) is 29.2 Å². The molecule has 0 atom stereocenters. The molecular formula is C22H21N5O3. The Hall–Kier alpha value is -3.81. The lowest BCUT2D eigenvalue weighted by Gasteiger charge is -2.09. The molecule has 0 fully saturated rings. The Morgan fingerprint density at radius 1 is 1.00 bits per heavy atom. The van der Waals surface area contributed by atoms with Crippen molar-refractivity contribution in [2.45, 2.75) is 27.3 Å². The van der Waals surface area contributed by atoms with Crippen LogP contribution in [0.3, 0.4) is 0 Å². The summed E-state index contributed by atoms with van der Waals surface area (Å²) < 4.78 is 13.7. The van der Waals surface area contributed by atoms with Gasteiger partial charge in [0.2, 0.25) is 12.7 Å². The van der Waals surface area contributed by atoms with Crippen molar-refractivity contribution in [1.82, 2.24) is 19.2 Å². The highest BCUT2D eigenvalue weighted by atomic mass is 16.7. The van der Waals surface area contributed by atoms with Crippen LogP contribution >= 0.6 is 0 Å². The number of hydrogen-bond donors (Lipinski definition) is 1. The molecule has 2 aromatic heterocycles. The topological polar surface area (TPSA) is 82.7 Å². The number of ether oxygens (including phenoxy) is 2. The molecule has 4 aromatic rings. The average molecular weight is 403 g/mol. The first-order valence-corrected chi connectivity index (χ1v) is 9.68. The minimum atomic E-state index is -0.262. The number of anilines is 2. The molecule has 1 aliphatic heterocycles. The first-order chi connectivity index (χ1) is 14.5. The largest absolute Gasteiger partial charge is 0.454 e. The average Bonchev–Trinajstić information content (AvgIpc) is 3.29. The SMILES string of the molecule is Cc1cc2nn(Cc3ccc4c(c3)OCO4)c(=O)n2c(Nc2ccc(C)c(C)c2)n1. The van der Waals surface area contributed by atoms with Crippen molar-refractivity contribution in [2.24, 2.45) is 0 Å². The van der Waals surface area contributed by atoms with E-state index in [-0.39, 0.29) is 12.5 Å². The molecular weight excluding hydrogens is 382 g/mol. The minimum absolute atomic E-state index is 0.214. The number of fused-ring (bicyclic) bond motifs is 2. The molecule has 0 radical (unpaired) electrons. The fraction of sp³-hybridized carbons (Fsp3) is 0.227. The Balaban J connectivity index is 1.54. The molecule has 0 saturated carbocycles. The van der Waals surface area contributed by atoms with E-state index in [1.807, 2.05) is 43.3 Å². The lowest BCUT2D eigenvalue weighted by atomic mass is 10.1. The fourth-order valence-corrected chi connectivity index (χ4v) is 3.50. The Kier molecular flexibility index (Phi) is 4.20. The summed E-state index contributed by atoms with van der Waals surface area (Å²) >= 11 is 0. The Morgan fingerprint density at radius 2 is 1.83 bits per heavy atom. The van der Waals surface area contributed by atoms with Crippen molar-refractivity contribution in [3.63, 3.8) is 0 Å². The quantitative estimate of drug-likeness (QED) is 0.563. The van der Waals surface area contributed by atoms with Crippen LogP contribution in [-0.4, -0.2) is 26.0 Å². The van der Waals surface area contributed by atoms with Gasteiger partial charge in [-0.15, -0.1) is 5.10 Å². The van der Waals surface area contributed by atoms with Gasteiger partial charge in [0.05, 0.1) is 6.54 Å². The van der Waals surface area contributed by atoms with Crippen LogP contribution in [0.4, 0.5) is 11.6 Å². The lowest BCUT2D eigenvalue weighted by Crippen LogP contribution is -2.23. The Morgan fingerprint density at radius 3 is 2.67 bits per heavy atom. The Labute approximate surface area is 172 Å².